The van der Waals surface area contributed by atoms with Crippen molar-refractivity contribution >= 4 is 15.9 Å². The average molecular weight is 323 g/mol. The molecule has 0 amide bonds. The van der Waals surface area contributed by atoms with Gasteiger partial charge in [0.2, 0.25) is 0 Å². The highest BCUT2D eigenvalue weighted by molar-refractivity contribution is 9.09. The van der Waals surface area contributed by atoms with Crippen molar-refractivity contribution in [3.05, 3.63) is 64.5 Å². The Labute approximate surface area is 121 Å². The lowest BCUT2D eigenvalue weighted by Gasteiger charge is -2.17. The second kappa shape index (κ2) is 5.74. The van der Waals surface area contributed by atoms with E-state index in [2.05, 4.69) is 22.0 Å². The number of aryl methyl sites for hydroxylation is 2. The third-order valence-electron chi connectivity index (χ3n) is 3.17. The Balaban J connectivity index is 2.51. The SMILES string of the molecule is COc1ccc(C)cc1C(Br)c1cc(F)ccc1C. The number of hydrogen-bond acceptors (Lipinski definition) is 1. The summed E-state index contributed by atoms with van der Waals surface area (Å²) in [7, 11) is 1.65. The molecular weight excluding hydrogens is 307 g/mol. The van der Waals surface area contributed by atoms with E-state index in [0.717, 1.165) is 28.0 Å². The Morgan fingerprint density at radius 3 is 2.47 bits per heavy atom. The molecule has 0 spiro atoms. The van der Waals surface area contributed by atoms with Gasteiger partial charge in [-0.3, -0.25) is 0 Å². The molecule has 1 atom stereocenters. The summed E-state index contributed by atoms with van der Waals surface area (Å²) in [6, 6.07) is 10.8. The molecule has 2 rings (SSSR count). The molecule has 0 saturated carbocycles. The first-order valence-electron chi connectivity index (χ1n) is 6.07. The van der Waals surface area contributed by atoms with E-state index in [0.29, 0.717) is 0 Å². The molecule has 0 aliphatic carbocycles. The Morgan fingerprint density at radius 1 is 1.05 bits per heavy atom. The van der Waals surface area contributed by atoms with Gasteiger partial charge in [-0.25, -0.2) is 4.39 Å². The van der Waals surface area contributed by atoms with Crippen molar-refractivity contribution in [2.75, 3.05) is 7.11 Å². The standard InChI is InChI=1S/C16H16BrFO/c1-10-4-7-15(19-3)14(8-10)16(17)13-9-12(18)6-5-11(13)2/h4-9,16H,1-3H3. The molecule has 100 valence electrons. The molecule has 0 aromatic heterocycles. The van der Waals surface area contributed by atoms with Crippen LogP contribution in [-0.2, 0) is 0 Å². The van der Waals surface area contributed by atoms with Gasteiger partial charge in [0.25, 0.3) is 0 Å². The molecule has 1 unspecified atom stereocenters. The van der Waals surface area contributed by atoms with Crippen LogP contribution in [0.25, 0.3) is 0 Å². The van der Waals surface area contributed by atoms with Crippen molar-refractivity contribution in [3.8, 4) is 5.75 Å². The van der Waals surface area contributed by atoms with Crippen LogP contribution in [0.3, 0.4) is 0 Å². The van der Waals surface area contributed by atoms with Gasteiger partial charge >= 0.3 is 0 Å². The zero-order valence-electron chi connectivity index (χ0n) is 11.2. The smallest absolute Gasteiger partial charge is 0.123 e. The van der Waals surface area contributed by atoms with E-state index in [-0.39, 0.29) is 10.6 Å². The van der Waals surface area contributed by atoms with E-state index in [4.69, 9.17) is 4.74 Å². The molecule has 0 saturated heterocycles. The van der Waals surface area contributed by atoms with E-state index >= 15 is 0 Å². The fourth-order valence-corrected chi connectivity index (χ4v) is 2.95. The van der Waals surface area contributed by atoms with Crippen molar-refractivity contribution in [1.82, 2.24) is 0 Å². The van der Waals surface area contributed by atoms with E-state index in [1.165, 1.54) is 6.07 Å². The summed E-state index contributed by atoms with van der Waals surface area (Å²) in [4.78, 5) is -0.0851. The van der Waals surface area contributed by atoms with Gasteiger partial charge in [-0.15, -0.1) is 0 Å². The first-order valence-corrected chi connectivity index (χ1v) is 6.99. The van der Waals surface area contributed by atoms with Gasteiger partial charge in [0, 0.05) is 5.56 Å². The zero-order valence-corrected chi connectivity index (χ0v) is 12.8. The molecule has 2 aromatic rings. The van der Waals surface area contributed by atoms with Crippen molar-refractivity contribution in [2.45, 2.75) is 18.7 Å². The molecule has 0 radical (unpaired) electrons. The molecule has 0 aliphatic rings. The number of benzene rings is 2. The number of alkyl halides is 1. The second-order valence-corrected chi connectivity index (χ2v) is 5.52. The van der Waals surface area contributed by atoms with E-state index < -0.39 is 0 Å². The third-order valence-corrected chi connectivity index (χ3v) is 4.16. The zero-order chi connectivity index (χ0) is 14.0. The fourth-order valence-electron chi connectivity index (χ4n) is 2.10. The number of rotatable bonds is 3. The maximum atomic E-state index is 13.4. The number of halogens is 2. The summed E-state index contributed by atoms with van der Waals surface area (Å²) in [5, 5.41) is 0. The molecule has 0 fully saturated rings. The molecule has 0 N–H and O–H groups in total. The van der Waals surface area contributed by atoms with Crippen molar-refractivity contribution in [3.63, 3.8) is 0 Å². The highest BCUT2D eigenvalue weighted by Gasteiger charge is 2.17. The van der Waals surface area contributed by atoms with Crippen LogP contribution in [0.2, 0.25) is 0 Å². The quantitative estimate of drug-likeness (QED) is 0.727. The molecule has 0 heterocycles. The monoisotopic (exact) mass is 322 g/mol. The van der Waals surface area contributed by atoms with Crippen LogP contribution >= 0.6 is 15.9 Å². The minimum atomic E-state index is -0.225. The predicted molar refractivity (Wildman–Crippen MR) is 79.6 cm³/mol. The molecule has 19 heavy (non-hydrogen) atoms. The number of methoxy groups -OCH3 is 1. The minimum Gasteiger partial charge on any atom is -0.496 e. The Bertz CT molecular complexity index is 595. The minimum absolute atomic E-state index is 0.0851. The largest absolute Gasteiger partial charge is 0.496 e. The third kappa shape index (κ3) is 2.98. The topological polar surface area (TPSA) is 9.23 Å². The fraction of sp³-hybridized carbons (Fsp3) is 0.250. The lowest BCUT2D eigenvalue weighted by molar-refractivity contribution is 0.410. The number of hydrogen-bond donors (Lipinski definition) is 0. The predicted octanol–water partition coefficient (Wildman–Crippen LogP) is 4.94. The van der Waals surface area contributed by atoms with E-state index in [1.54, 1.807) is 19.2 Å². The highest BCUT2D eigenvalue weighted by atomic mass is 79.9. The maximum absolute atomic E-state index is 13.4. The van der Waals surface area contributed by atoms with Gasteiger partial charge < -0.3 is 4.74 Å². The Morgan fingerprint density at radius 2 is 1.79 bits per heavy atom. The first kappa shape index (κ1) is 14.1. The molecule has 1 nitrogen and oxygen atoms in total. The molecule has 0 bridgehead atoms. The lowest BCUT2D eigenvalue weighted by Crippen LogP contribution is -2.00. The van der Waals surface area contributed by atoms with Gasteiger partial charge in [-0.2, -0.15) is 0 Å². The molecule has 3 heteroatoms. The van der Waals surface area contributed by atoms with Crippen molar-refractivity contribution in [2.24, 2.45) is 0 Å². The second-order valence-electron chi connectivity index (χ2n) is 4.61. The Kier molecular flexibility index (Phi) is 4.25. The van der Waals surface area contributed by atoms with Crippen molar-refractivity contribution < 1.29 is 9.13 Å². The van der Waals surface area contributed by atoms with E-state index in [9.17, 15) is 4.39 Å². The maximum Gasteiger partial charge on any atom is 0.123 e. The van der Waals surface area contributed by atoms with E-state index in [1.807, 2.05) is 26.0 Å². The molecule has 0 aliphatic heterocycles. The van der Waals surface area contributed by atoms with Gasteiger partial charge in [0.1, 0.15) is 11.6 Å². The number of ether oxygens (including phenoxy) is 1. The van der Waals surface area contributed by atoms with Crippen LogP contribution in [0.4, 0.5) is 4.39 Å². The summed E-state index contributed by atoms with van der Waals surface area (Å²) in [5.41, 5.74) is 4.13. The van der Waals surface area contributed by atoms with Crippen LogP contribution in [0.5, 0.6) is 5.75 Å². The van der Waals surface area contributed by atoms with Crippen LogP contribution in [-0.4, -0.2) is 7.11 Å². The Hall–Kier alpha value is -1.35. The highest BCUT2D eigenvalue weighted by Crippen LogP contribution is 2.38. The van der Waals surface area contributed by atoms with Crippen LogP contribution in [0.15, 0.2) is 36.4 Å². The summed E-state index contributed by atoms with van der Waals surface area (Å²) in [6.45, 7) is 4.01. The average Bonchev–Trinajstić information content (AvgIpc) is 2.40. The van der Waals surface area contributed by atoms with Crippen LogP contribution in [0.1, 0.15) is 27.1 Å². The summed E-state index contributed by atoms with van der Waals surface area (Å²) >= 11 is 3.66. The summed E-state index contributed by atoms with van der Waals surface area (Å²) in [6.07, 6.45) is 0. The normalized spacial score (nSPS) is 12.3. The van der Waals surface area contributed by atoms with Crippen LogP contribution in [0, 0.1) is 19.7 Å². The van der Waals surface area contributed by atoms with Crippen molar-refractivity contribution in [1.29, 1.82) is 0 Å². The summed E-state index contributed by atoms with van der Waals surface area (Å²) < 4.78 is 18.8. The molecular formula is C16H16BrFO. The van der Waals surface area contributed by atoms with Gasteiger partial charge in [0.15, 0.2) is 0 Å². The van der Waals surface area contributed by atoms with Gasteiger partial charge in [-0.1, -0.05) is 39.7 Å². The van der Waals surface area contributed by atoms with Crippen LogP contribution < -0.4 is 4.74 Å². The first-order chi connectivity index (χ1) is 9.02. The summed E-state index contributed by atoms with van der Waals surface area (Å²) in [5.74, 6) is 0.577. The lowest BCUT2D eigenvalue weighted by atomic mass is 9.98. The van der Waals surface area contributed by atoms with Gasteiger partial charge in [0.05, 0.1) is 11.9 Å². The molecule has 2 aromatic carbocycles. The van der Waals surface area contributed by atoms with Gasteiger partial charge in [-0.05, 0) is 43.2 Å².